The molecule has 0 bridgehead atoms. The Morgan fingerprint density at radius 2 is 2.00 bits per heavy atom. The van der Waals surface area contributed by atoms with Gasteiger partial charge < -0.3 is 9.64 Å². The zero-order valence-electron chi connectivity index (χ0n) is 11.1. The molecular formula is C14H21NO2. The van der Waals surface area contributed by atoms with Gasteiger partial charge in [-0.25, -0.2) is 0 Å². The number of hydrogen-bond acceptors (Lipinski definition) is 3. The van der Waals surface area contributed by atoms with Crippen molar-refractivity contribution in [1.29, 1.82) is 0 Å². The van der Waals surface area contributed by atoms with E-state index in [4.69, 9.17) is 4.74 Å². The van der Waals surface area contributed by atoms with Gasteiger partial charge in [0.05, 0.1) is 12.7 Å². The minimum Gasteiger partial charge on any atom is -0.377 e. The summed E-state index contributed by atoms with van der Waals surface area (Å²) < 4.78 is 5.51. The van der Waals surface area contributed by atoms with Crippen molar-refractivity contribution in [3.05, 3.63) is 29.8 Å². The van der Waals surface area contributed by atoms with Gasteiger partial charge >= 0.3 is 0 Å². The predicted molar refractivity (Wildman–Crippen MR) is 70.8 cm³/mol. The molecule has 1 rings (SSSR count). The second kappa shape index (κ2) is 6.40. The number of Topliss-reactive ketones (excluding diaryl/α,β-unsaturated/α-hetero) is 1. The van der Waals surface area contributed by atoms with Crippen LogP contribution in [0.2, 0.25) is 0 Å². The van der Waals surface area contributed by atoms with Gasteiger partial charge in [0.2, 0.25) is 0 Å². The highest BCUT2D eigenvalue weighted by Gasteiger charge is 2.10. The van der Waals surface area contributed by atoms with Crippen LogP contribution < -0.4 is 4.90 Å². The van der Waals surface area contributed by atoms with Crippen LogP contribution >= 0.6 is 0 Å². The SMILES string of the molecule is CC(=O)c1ccccc1N(C)CCOC(C)C. The van der Waals surface area contributed by atoms with Crippen molar-refractivity contribution in [2.24, 2.45) is 0 Å². The first-order valence-corrected chi connectivity index (χ1v) is 5.95. The number of rotatable bonds is 6. The molecule has 94 valence electrons. The Balaban J connectivity index is 2.68. The van der Waals surface area contributed by atoms with Gasteiger partial charge in [-0.15, -0.1) is 0 Å². The van der Waals surface area contributed by atoms with Crippen molar-refractivity contribution >= 4 is 11.5 Å². The van der Waals surface area contributed by atoms with Gasteiger partial charge in [0.25, 0.3) is 0 Å². The second-order valence-electron chi connectivity index (χ2n) is 4.41. The molecule has 0 atom stereocenters. The van der Waals surface area contributed by atoms with E-state index in [1.807, 2.05) is 45.2 Å². The van der Waals surface area contributed by atoms with Crippen LogP contribution in [0.4, 0.5) is 5.69 Å². The fourth-order valence-corrected chi connectivity index (χ4v) is 1.65. The molecule has 17 heavy (non-hydrogen) atoms. The normalized spacial score (nSPS) is 10.6. The summed E-state index contributed by atoms with van der Waals surface area (Å²) in [6.07, 6.45) is 0.242. The van der Waals surface area contributed by atoms with E-state index in [0.717, 1.165) is 17.8 Å². The lowest BCUT2D eigenvalue weighted by Gasteiger charge is -2.22. The Labute approximate surface area is 103 Å². The molecule has 0 aromatic heterocycles. The van der Waals surface area contributed by atoms with Gasteiger partial charge in [-0.3, -0.25) is 4.79 Å². The van der Waals surface area contributed by atoms with Crippen LogP contribution in [-0.2, 0) is 4.74 Å². The average molecular weight is 235 g/mol. The van der Waals surface area contributed by atoms with Gasteiger partial charge in [0, 0.05) is 24.8 Å². The van der Waals surface area contributed by atoms with Gasteiger partial charge in [0.15, 0.2) is 5.78 Å². The molecule has 3 nitrogen and oxygen atoms in total. The summed E-state index contributed by atoms with van der Waals surface area (Å²) in [5.74, 6) is 0.0947. The molecule has 0 radical (unpaired) electrons. The molecule has 0 N–H and O–H groups in total. The summed E-state index contributed by atoms with van der Waals surface area (Å²) in [6.45, 7) is 7.08. The molecule has 0 saturated heterocycles. The number of likely N-dealkylation sites (N-methyl/N-ethyl adjacent to an activating group) is 1. The topological polar surface area (TPSA) is 29.5 Å². The van der Waals surface area contributed by atoms with Crippen LogP contribution in [0.15, 0.2) is 24.3 Å². The van der Waals surface area contributed by atoms with Crippen LogP contribution in [0.25, 0.3) is 0 Å². The lowest BCUT2D eigenvalue weighted by atomic mass is 10.1. The van der Waals surface area contributed by atoms with Crippen molar-refractivity contribution in [3.8, 4) is 0 Å². The number of anilines is 1. The molecular weight excluding hydrogens is 214 g/mol. The van der Waals surface area contributed by atoms with E-state index in [9.17, 15) is 4.79 Å². The van der Waals surface area contributed by atoms with E-state index in [1.54, 1.807) is 6.92 Å². The molecule has 3 heteroatoms. The van der Waals surface area contributed by atoms with Crippen LogP contribution in [0.3, 0.4) is 0 Å². The summed E-state index contributed by atoms with van der Waals surface area (Å²) in [4.78, 5) is 13.5. The van der Waals surface area contributed by atoms with E-state index in [1.165, 1.54) is 0 Å². The average Bonchev–Trinajstić information content (AvgIpc) is 2.28. The first-order chi connectivity index (χ1) is 8.02. The number of carbonyl (C=O) groups is 1. The number of benzene rings is 1. The van der Waals surface area contributed by atoms with Crippen molar-refractivity contribution in [1.82, 2.24) is 0 Å². The van der Waals surface area contributed by atoms with Gasteiger partial charge in [-0.1, -0.05) is 12.1 Å². The van der Waals surface area contributed by atoms with E-state index in [-0.39, 0.29) is 11.9 Å². The standard InChI is InChI=1S/C14H21NO2/c1-11(2)17-10-9-15(4)14-8-6-5-7-13(14)12(3)16/h5-8,11H,9-10H2,1-4H3. The van der Waals surface area contributed by atoms with Gasteiger partial charge in [-0.2, -0.15) is 0 Å². The highest BCUT2D eigenvalue weighted by molar-refractivity contribution is 5.99. The number of nitrogens with zero attached hydrogens (tertiary/aromatic N) is 1. The Morgan fingerprint density at radius 1 is 1.35 bits per heavy atom. The smallest absolute Gasteiger partial charge is 0.161 e. The number of ether oxygens (including phenoxy) is 1. The highest BCUT2D eigenvalue weighted by atomic mass is 16.5. The number of para-hydroxylation sites is 1. The minimum absolute atomic E-state index is 0.0947. The van der Waals surface area contributed by atoms with Gasteiger partial charge in [-0.05, 0) is 32.9 Å². The Hall–Kier alpha value is -1.35. The maximum Gasteiger partial charge on any atom is 0.161 e. The fourth-order valence-electron chi connectivity index (χ4n) is 1.65. The molecule has 0 heterocycles. The molecule has 1 aromatic carbocycles. The monoisotopic (exact) mass is 235 g/mol. The molecule has 0 fully saturated rings. The van der Waals surface area contributed by atoms with Crippen LogP contribution in [0.1, 0.15) is 31.1 Å². The highest BCUT2D eigenvalue weighted by Crippen LogP contribution is 2.19. The molecule has 0 aliphatic rings. The summed E-state index contributed by atoms with van der Waals surface area (Å²) in [7, 11) is 1.98. The third-order valence-electron chi connectivity index (χ3n) is 2.57. The predicted octanol–water partition coefficient (Wildman–Crippen LogP) is 2.75. The fraction of sp³-hybridized carbons (Fsp3) is 0.500. The molecule has 0 amide bonds. The van der Waals surface area contributed by atoms with E-state index >= 15 is 0 Å². The second-order valence-corrected chi connectivity index (χ2v) is 4.41. The zero-order chi connectivity index (χ0) is 12.8. The number of carbonyl (C=O) groups excluding carboxylic acids is 1. The Bertz CT molecular complexity index is 374. The van der Waals surface area contributed by atoms with E-state index < -0.39 is 0 Å². The third kappa shape index (κ3) is 4.19. The zero-order valence-corrected chi connectivity index (χ0v) is 11.1. The van der Waals surface area contributed by atoms with E-state index in [2.05, 4.69) is 4.90 Å². The third-order valence-corrected chi connectivity index (χ3v) is 2.57. The Morgan fingerprint density at radius 3 is 2.59 bits per heavy atom. The van der Waals surface area contributed by atoms with E-state index in [0.29, 0.717) is 6.61 Å². The lowest BCUT2D eigenvalue weighted by Crippen LogP contribution is -2.25. The first kappa shape index (κ1) is 13.7. The summed E-state index contributed by atoms with van der Waals surface area (Å²) >= 11 is 0. The molecule has 1 aromatic rings. The van der Waals surface area contributed by atoms with Crippen LogP contribution in [-0.4, -0.2) is 32.1 Å². The molecule has 0 unspecified atom stereocenters. The maximum atomic E-state index is 11.5. The Kier molecular flexibility index (Phi) is 5.16. The van der Waals surface area contributed by atoms with Crippen molar-refractivity contribution in [2.45, 2.75) is 26.9 Å². The van der Waals surface area contributed by atoms with Crippen molar-refractivity contribution in [2.75, 3.05) is 25.1 Å². The largest absolute Gasteiger partial charge is 0.377 e. The van der Waals surface area contributed by atoms with Crippen LogP contribution in [0, 0.1) is 0 Å². The summed E-state index contributed by atoms with van der Waals surface area (Å²) in [6, 6.07) is 7.66. The summed E-state index contributed by atoms with van der Waals surface area (Å²) in [5.41, 5.74) is 1.73. The van der Waals surface area contributed by atoms with Crippen molar-refractivity contribution < 1.29 is 9.53 Å². The van der Waals surface area contributed by atoms with Gasteiger partial charge in [0.1, 0.15) is 0 Å². The quantitative estimate of drug-likeness (QED) is 0.710. The molecule has 0 saturated carbocycles. The molecule has 0 spiro atoms. The maximum absolute atomic E-state index is 11.5. The van der Waals surface area contributed by atoms with Crippen LogP contribution in [0.5, 0.6) is 0 Å². The first-order valence-electron chi connectivity index (χ1n) is 5.95. The lowest BCUT2D eigenvalue weighted by molar-refractivity contribution is 0.0845. The van der Waals surface area contributed by atoms with Crippen molar-refractivity contribution in [3.63, 3.8) is 0 Å². The number of ketones is 1. The molecule has 0 aliphatic carbocycles. The number of hydrogen-bond donors (Lipinski definition) is 0. The molecule has 0 aliphatic heterocycles. The minimum atomic E-state index is 0.0947. The summed E-state index contributed by atoms with van der Waals surface area (Å²) in [5, 5.41) is 0.